The van der Waals surface area contributed by atoms with E-state index in [9.17, 15) is 0 Å². The molecule has 0 unspecified atom stereocenters. The van der Waals surface area contributed by atoms with Crippen LogP contribution in [0.2, 0.25) is 0 Å². The third-order valence-electron chi connectivity index (χ3n) is 4.00. The summed E-state index contributed by atoms with van der Waals surface area (Å²) in [7, 11) is 0. The zero-order valence-electron chi connectivity index (χ0n) is 12.8. The Hall–Kier alpha value is -0.860. The molecule has 1 fully saturated rings. The minimum atomic E-state index is 0.190. The SMILES string of the molecule is Cc1ccc(C)c(C(C)(C)CNCCNC2CC2)c1. The number of hydrogen-bond acceptors (Lipinski definition) is 2. The summed E-state index contributed by atoms with van der Waals surface area (Å²) >= 11 is 0. The van der Waals surface area contributed by atoms with Gasteiger partial charge in [0.15, 0.2) is 0 Å². The molecular weight excluding hydrogens is 232 g/mol. The van der Waals surface area contributed by atoms with E-state index in [-0.39, 0.29) is 5.41 Å². The van der Waals surface area contributed by atoms with Crippen LogP contribution in [-0.2, 0) is 5.41 Å². The van der Waals surface area contributed by atoms with Crippen molar-refractivity contribution >= 4 is 0 Å². The van der Waals surface area contributed by atoms with Gasteiger partial charge in [-0.3, -0.25) is 0 Å². The van der Waals surface area contributed by atoms with Crippen LogP contribution < -0.4 is 10.6 Å². The summed E-state index contributed by atoms with van der Waals surface area (Å²) < 4.78 is 0. The van der Waals surface area contributed by atoms with E-state index in [0.29, 0.717) is 0 Å². The van der Waals surface area contributed by atoms with Crippen molar-refractivity contribution in [3.63, 3.8) is 0 Å². The molecule has 0 spiro atoms. The van der Waals surface area contributed by atoms with Crippen LogP contribution in [0.5, 0.6) is 0 Å². The maximum Gasteiger partial charge on any atom is 0.00793 e. The van der Waals surface area contributed by atoms with Crippen molar-refractivity contribution in [2.75, 3.05) is 19.6 Å². The van der Waals surface area contributed by atoms with Crippen molar-refractivity contribution < 1.29 is 0 Å². The van der Waals surface area contributed by atoms with Gasteiger partial charge in [-0.1, -0.05) is 37.6 Å². The van der Waals surface area contributed by atoms with Crippen LogP contribution in [0.15, 0.2) is 18.2 Å². The van der Waals surface area contributed by atoms with E-state index >= 15 is 0 Å². The van der Waals surface area contributed by atoms with E-state index in [1.807, 2.05) is 0 Å². The van der Waals surface area contributed by atoms with Crippen LogP contribution in [0.4, 0.5) is 0 Å². The molecule has 0 amide bonds. The van der Waals surface area contributed by atoms with E-state index in [4.69, 9.17) is 0 Å². The van der Waals surface area contributed by atoms with Crippen molar-refractivity contribution in [2.24, 2.45) is 0 Å². The van der Waals surface area contributed by atoms with E-state index in [1.54, 1.807) is 0 Å². The van der Waals surface area contributed by atoms with Gasteiger partial charge >= 0.3 is 0 Å². The van der Waals surface area contributed by atoms with Crippen LogP contribution in [0, 0.1) is 13.8 Å². The highest BCUT2D eigenvalue weighted by molar-refractivity contribution is 5.36. The fraction of sp³-hybridized carbons (Fsp3) is 0.647. The van der Waals surface area contributed by atoms with Crippen LogP contribution >= 0.6 is 0 Å². The van der Waals surface area contributed by atoms with Crippen LogP contribution in [0.1, 0.15) is 43.4 Å². The molecule has 0 bridgehead atoms. The Morgan fingerprint density at radius 1 is 1.16 bits per heavy atom. The van der Waals surface area contributed by atoms with Crippen molar-refractivity contribution in [3.8, 4) is 0 Å². The van der Waals surface area contributed by atoms with Gasteiger partial charge in [0.1, 0.15) is 0 Å². The minimum Gasteiger partial charge on any atom is -0.315 e. The lowest BCUT2D eigenvalue weighted by atomic mass is 9.81. The minimum absolute atomic E-state index is 0.190. The van der Waals surface area contributed by atoms with Crippen LogP contribution in [0.25, 0.3) is 0 Å². The summed E-state index contributed by atoms with van der Waals surface area (Å²) in [5, 5.41) is 7.13. The first-order valence-corrected chi connectivity index (χ1v) is 7.51. The Bertz CT molecular complexity index is 419. The highest BCUT2D eigenvalue weighted by Crippen LogP contribution is 2.26. The lowest BCUT2D eigenvalue weighted by molar-refractivity contribution is 0.462. The van der Waals surface area contributed by atoms with E-state index < -0.39 is 0 Å². The second-order valence-electron chi connectivity index (χ2n) is 6.61. The van der Waals surface area contributed by atoms with E-state index in [2.05, 4.69) is 56.5 Å². The largest absolute Gasteiger partial charge is 0.315 e. The summed E-state index contributed by atoms with van der Waals surface area (Å²) in [6.45, 7) is 12.2. The zero-order valence-corrected chi connectivity index (χ0v) is 12.8. The molecule has 0 aromatic heterocycles. The number of benzene rings is 1. The van der Waals surface area contributed by atoms with Crippen molar-refractivity contribution in [1.29, 1.82) is 0 Å². The number of hydrogen-bond donors (Lipinski definition) is 2. The van der Waals surface area contributed by atoms with Gasteiger partial charge in [0.05, 0.1) is 0 Å². The fourth-order valence-electron chi connectivity index (χ4n) is 2.61. The van der Waals surface area contributed by atoms with Gasteiger partial charge in [0.25, 0.3) is 0 Å². The molecule has 0 saturated heterocycles. The molecule has 0 heterocycles. The smallest absolute Gasteiger partial charge is 0.00793 e. The van der Waals surface area contributed by atoms with Gasteiger partial charge in [-0.05, 0) is 37.8 Å². The average molecular weight is 260 g/mol. The second kappa shape index (κ2) is 6.06. The standard InChI is InChI=1S/C17H28N2/c1-13-5-6-14(2)16(11-13)17(3,4)12-18-9-10-19-15-7-8-15/h5-6,11,15,18-19H,7-10,12H2,1-4H3. The van der Waals surface area contributed by atoms with Crippen molar-refractivity contribution in [2.45, 2.75) is 52.0 Å². The molecule has 1 aromatic carbocycles. The summed E-state index contributed by atoms with van der Waals surface area (Å²) in [5.41, 5.74) is 4.41. The molecule has 2 nitrogen and oxygen atoms in total. The predicted octanol–water partition coefficient (Wildman–Crippen LogP) is 2.92. The third kappa shape index (κ3) is 4.32. The van der Waals surface area contributed by atoms with Crippen LogP contribution in [-0.4, -0.2) is 25.7 Å². The van der Waals surface area contributed by atoms with Crippen molar-refractivity contribution in [1.82, 2.24) is 10.6 Å². The molecule has 1 saturated carbocycles. The number of aryl methyl sites for hydroxylation is 2. The predicted molar refractivity (Wildman–Crippen MR) is 82.8 cm³/mol. The summed E-state index contributed by atoms with van der Waals surface area (Å²) in [6.07, 6.45) is 2.74. The molecule has 2 heteroatoms. The Morgan fingerprint density at radius 3 is 2.58 bits per heavy atom. The maximum atomic E-state index is 3.59. The third-order valence-corrected chi connectivity index (χ3v) is 4.00. The van der Waals surface area contributed by atoms with Gasteiger partial charge in [0, 0.05) is 31.1 Å². The highest BCUT2D eigenvalue weighted by Gasteiger charge is 2.22. The van der Waals surface area contributed by atoms with Crippen molar-refractivity contribution in [3.05, 3.63) is 34.9 Å². The first-order chi connectivity index (χ1) is 8.99. The molecule has 2 N–H and O–H groups in total. The molecule has 1 aliphatic rings. The van der Waals surface area contributed by atoms with Gasteiger partial charge in [-0.25, -0.2) is 0 Å². The molecule has 0 aliphatic heterocycles. The number of rotatable bonds is 7. The molecule has 0 atom stereocenters. The molecule has 106 valence electrons. The van der Waals surface area contributed by atoms with Gasteiger partial charge in [-0.15, -0.1) is 0 Å². The first kappa shape index (κ1) is 14.5. The maximum absolute atomic E-state index is 3.59. The lowest BCUT2D eigenvalue weighted by Gasteiger charge is -2.28. The fourth-order valence-corrected chi connectivity index (χ4v) is 2.61. The Morgan fingerprint density at radius 2 is 1.89 bits per heavy atom. The topological polar surface area (TPSA) is 24.1 Å². The molecule has 1 aromatic rings. The Balaban J connectivity index is 1.83. The molecular formula is C17H28N2. The normalized spacial score (nSPS) is 15.8. The number of nitrogens with one attached hydrogen (secondary N) is 2. The average Bonchev–Trinajstić information content (AvgIpc) is 3.15. The van der Waals surface area contributed by atoms with E-state index in [1.165, 1.54) is 29.5 Å². The second-order valence-corrected chi connectivity index (χ2v) is 6.61. The Kier molecular flexibility index (Phi) is 4.64. The summed E-state index contributed by atoms with van der Waals surface area (Å²) in [5.74, 6) is 0. The quantitative estimate of drug-likeness (QED) is 0.737. The van der Waals surface area contributed by atoms with E-state index in [0.717, 1.165) is 25.7 Å². The Labute approximate surface area is 118 Å². The van der Waals surface area contributed by atoms with Gasteiger partial charge in [0.2, 0.25) is 0 Å². The van der Waals surface area contributed by atoms with Crippen LogP contribution in [0.3, 0.4) is 0 Å². The highest BCUT2D eigenvalue weighted by atomic mass is 15.0. The summed E-state index contributed by atoms with van der Waals surface area (Å²) in [4.78, 5) is 0. The first-order valence-electron chi connectivity index (χ1n) is 7.51. The monoisotopic (exact) mass is 260 g/mol. The molecule has 19 heavy (non-hydrogen) atoms. The molecule has 1 aliphatic carbocycles. The van der Waals surface area contributed by atoms with Gasteiger partial charge < -0.3 is 10.6 Å². The van der Waals surface area contributed by atoms with Gasteiger partial charge in [-0.2, -0.15) is 0 Å². The molecule has 2 rings (SSSR count). The zero-order chi connectivity index (χ0) is 13.9. The lowest BCUT2D eigenvalue weighted by Crippen LogP contribution is -2.37. The molecule has 0 radical (unpaired) electrons. The summed E-state index contributed by atoms with van der Waals surface area (Å²) in [6, 6.07) is 7.58.